The molecule has 1 unspecified atom stereocenters. The number of esters is 1. The maximum atomic E-state index is 12.2. The number of hydrogen-bond donors (Lipinski definition) is 1. The van der Waals surface area contributed by atoms with Gasteiger partial charge in [0.25, 0.3) is 0 Å². The first-order chi connectivity index (χ1) is 21.9. The van der Waals surface area contributed by atoms with E-state index in [0.717, 1.165) is 36.0 Å². The standard InChI is InChI=1S/C38H43Cl2NO5.Ac/c1-38(2,3)46-37(43)30-13-21-35(22-14-30)45-26-33(42)25-44-34-19-7-27(8-20-34)6-5-23-41(4)24-36(28-9-15-31(39)16-10-28)29-11-17-32(40)18-12-29;/h7-22,33,36,42H,5-6,23-26H2,1-4H3;. The topological polar surface area (TPSA) is 68.2 Å². The quantitative estimate of drug-likeness (QED) is 0.121. The molecule has 4 aromatic rings. The van der Waals surface area contributed by atoms with Gasteiger partial charge in [0, 0.05) is 66.6 Å². The van der Waals surface area contributed by atoms with E-state index in [-0.39, 0.29) is 69.2 Å². The molecule has 1 atom stereocenters. The SMILES string of the molecule is CN(CCCc1ccc(OCC(O)COc2ccc(C(=O)OC(C)(C)C)cc2)cc1)CC(c1ccc(Cl)cc1)c1ccc(Cl)cc1.[Ac]. The average molecular weight is 892 g/mol. The number of halogens is 2. The smallest absolute Gasteiger partial charge is 0.338 e. The van der Waals surface area contributed by atoms with E-state index in [1.165, 1.54) is 16.7 Å². The first-order valence-corrected chi connectivity index (χ1v) is 16.3. The Morgan fingerprint density at radius 1 is 0.766 bits per heavy atom. The van der Waals surface area contributed by atoms with Gasteiger partial charge in [0.15, 0.2) is 0 Å². The van der Waals surface area contributed by atoms with Crippen LogP contribution >= 0.6 is 23.2 Å². The molecule has 0 saturated heterocycles. The van der Waals surface area contributed by atoms with Crippen molar-refractivity contribution in [2.45, 2.75) is 51.2 Å². The van der Waals surface area contributed by atoms with Crippen LogP contribution in [0.15, 0.2) is 97.1 Å². The summed E-state index contributed by atoms with van der Waals surface area (Å²) in [7, 11) is 2.16. The van der Waals surface area contributed by atoms with Gasteiger partial charge in [-0.3, -0.25) is 0 Å². The molecule has 0 spiro atoms. The van der Waals surface area contributed by atoms with Crippen LogP contribution in [-0.4, -0.2) is 61.0 Å². The van der Waals surface area contributed by atoms with Gasteiger partial charge < -0.3 is 24.2 Å². The summed E-state index contributed by atoms with van der Waals surface area (Å²) in [6.45, 7) is 7.46. The zero-order valence-corrected chi connectivity index (χ0v) is 33.8. The Hall–Kier alpha value is -2.11. The molecule has 1 N–H and O–H groups in total. The van der Waals surface area contributed by atoms with Crippen LogP contribution in [0.4, 0.5) is 0 Å². The number of rotatable bonds is 15. The number of ether oxygens (including phenoxy) is 3. The number of nitrogens with zero attached hydrogens (tertiary/aromatic N) is 1. The molecule has 0 bridgehead atoms. The van der Waals surface area contributed by atoms with E-state index in [2.05, 4.69) is 48.3 Å². The number of hydrogen-bond acceptors (Lipinski definition) is 6. The van der Waals surface area contributed by atoms with Gasteiger partial charge >= 0.3 is 5.97 Å². The molecule has 47 heavy (non-hydrogen) atoms. The first kappa shape index (κ1) is 39.3. The summed E-state index contributed by atoms with van der Waals surface area (Å²) in [6, 6.07) is 30.8. The molecule has 0 aliphatic heterocycles. The van der Waals surface area contributed by atoms with E-state index in [4.69, 9.17) is 37.4 Å². The Labute approximate surface area is 324 Å². The summed E-state index contributed by atoms with van der Waals surface area (Å²) in [5.41, 5.74) is 3.56. The Bertz CT molecular complexity index is 1460. The molecule has 4 rings (SSSR count). The fourth-order valence-corrected chi connectivity index (χ4v) is 5.21. The molecule has 0 aliphatic carbocycles. The number of carbonyl (C=O) groups excluding carboxylic acids is 1. The van der Waals surface area contributed by atoms with E-state index >= 15 is 0 Å². The summed E-state index contributed by atoms with van der Waals surface area (Å²) in [5, 5.41) is 11.8. The Kier molecular flexibility index (Phi) is 16.0. The molecular weight excluding hydrogens is 848 g/mol. The monoisotopic (exact) mass is 890 g/mol. The minimum Gasteiger partial charge on any atom is -0.491 e. The Morgan fingerprint density at radius 3 is 1.70 bits per heavy atom. The largest absolute Gasteiger partial charge is 0.491 e. The van der Waals surface area contributed by atoms with Gasteiger partial charge in [0.05, 0.1) is 5.56 Å². The molecule has 0 aliphatic rings. The van der Waals surface area contributed by atoms with Crippen molar-refractivity contribution in [2.75, 3.05) is 33.4 Å². The average Bonchev–Trinajstić information content (AvgIpc) is 3.02. The zero-order chi connectivity index (χ0) is 33.1. The van der Waals surface area contributed by atoms with Crippen LogP contribution < -0.4 is 9.47 Å². The molecule has 0 aromatic heterocycles. The maximum absolute atomic E-state index is 12.2. The van der Waals surface area contributed by atoms with E-state index < -0.39 is 11.7 Å². The molecule has 4 aromatic carbocycles. The van der Waals surface area contributed by atoms with Gasteiger partial charge in [-0.1, -0.05) is 59.6 Å². The van der Waals surface area contributed by atoms with Crippen LogP contribution in [0.5, 0.6) is 11.5 Å². The van der Waals surface area contributed by atoms with Crippen LogP contribution in [-0.2, 0) is 11.2 Å². The predicted molar refractivity (Wildman–Crippen MR) is 186 cm³/mol. The Morgan fingerprint density at radius 2 is 1.23 bits per heavy atom. The summed E-state index contributed by atoms with van der Waals surface area (Å²) < 4.78 is 16.8. The van der Waals surface area contributed by atoms with Gasteiger partial charge in [0.2, 0.25) is 0 Å². The van der Waals surface area contributed by atoms with Crippen molar-refractivity contribution >= 4 is 29.2 Å². The number of aliphatic hydroxyl groups is 1. The van der Waals surface area contributed by atoms with Crippen LogP contribution in [0.2, 0.25) is 10.0 Å². The van der Waals surface area contributed by atoms with Gasteiger partial charge in [-0.2, -0.15) is 0 Å². The van der Waals surface area contributed by atoms with Crippen molar-refractivity contribution in [2.24, 2.45) is 0 Å². The van der Waals surface area contributed by atoms with Crippen molar-refractivity contribution in [3.63, 3.8) is 0 Å². The number of aliphatic hydroxyl groups excluding tert-OH is 1. The number of aryl methyl sites for hydroxylation is 1. The fourth-order valence-electron chi connectivity index (χ4n) is 4.96. The van der Waals surface area contributed by atoms with Crippen molar-refractivity contribution in [3.8, 4) is 11.5 Å². The predicted octanol–water partition coefficient (Wildman–Crippen LogP) is 8.46. The van der Waals surface area contributed by atoms with E-state index in [9.17, 15) is 9.90 Å². The third kappa shape index (κ3) is 13.7. The second kappa shape index (κ2) is 19.2. The molecule has 0 heterocycles. The number of carbonyl (C=O) groups is 1. The van der Waals surface area contributed by atoms with Crippen LogP contribution in [0, 0.1) is 44.1 Å². The molecule has 247 valence electrons. The van der Waals surface area contributed by atoms with Crippen molar-refractivity contribution in [1.82, 2.24) is 4.90 Å². The minimum atomic E-state index is -0.815. The normalized spacial score (nSPS) is 12.0. The second-order valence-electron chi connectivity index (χ2n) is 12.5. The molecule has 0 fully saturated rings. The molecule has 0 saturated carbocycles. The van der Waals surface area contributed by atoms with Crippen molar-refractivity contribution in [1.29, 1.82) is 0 Å². The second-order valence-corrected chi connectivity index (χ2v) is 13.3. The summed E-state index contributed by atoms with van der Waals surface area (Å²) in [5.74, 6) is 1.06. The number of benzene rings is 4. The van der Waals surface area contributed by atoms with E-state index in [1.54, 1.807) is 24.3 Å². The van der Waals surface area contributed by atoms with Crippen LogP contribution in [0.1, 0.15) is 60.2 Å². The van der Waals surface area contributed by atoms with Gasteiger partial charge in [-0.05, 0) is 125 Å². The third-order valence-corrected chi connectivity index (χ3v) is 7.85. The fraction of sp³-hybridized carbons (Fsp3) is 0.342. The van der Waals surface area contributed by atoms with Crippen molar-refractivity contribution < 1.29 is 68.2 Å². The summed E-state index contributed by atoms with van der Waals surface area (Å²) in [4.78, 5) is 14.5. The molecular formula is C38H43AcCl2NO5. The zero-order valence-electron chi connectivity index (χ0n) is 27.5. The molecule has 1 radical (unpaired) electrons. The maximum Gasteiger partial charge on any atom is 0.338 e. The van der Waals surface area contributed by atoms with Crippen molar-refractivity contribution in [3.05, 3.63) is 129 Å². The molecule has 0 amide bonds. The van der Waals surface area contributed by atoms with Gasteiger partial charge in [0.1, 0.15) is 36.4 Å². The Balaban J connectivity index is 0.00000600. The summed E-state index contributed by atoms with van der Waals surface area (Å²) in [6.07, 6.45) is 1.14. The number of likely N-dealkylation sites (N-methyl/N-ethyl adjacent to an activating group) is 1. The molecule has 9 heteroatoms. The third-order valence-electron chi connectivity index (χ3n) is 7.34. The summed E-state index contributed by atoms with van der Waals surface area (Å²) >= 11 is 12.3. The minimum absolute atomic E-state index is 0. The van der Waals surface area contributed by atoms with E-state index in [1.807, 2.05) is 57.2 Å². The first-order valence-electron chi connectivity index (χ1n) is 15.5. The van der Waals surface area contributed by atoms with E-state index in [0.29, 0.717) is 17.1 Å². The molecule has 6 nitrogen and oxygen atoms in total. The van der Waals surface area contributed by atoms with Crippen LogP contribution in [0.25, 0.3) is 0 Å². The van der Waals surface area contributed by atoms with Gasteiger partial charge in [-0.25, -0.2) is 4.79 Å². The van der Waals surface area contributed by atoms with Gasteiger partial charge in [-0.15, -0.1) is 0 Å². The van der Waals surface area contributed by atoms with Crippen LogP contribution in [0.3, 0.4) is 0 Å².